The van der Waals surface area contributed by atoms with Crippen molar-refractivity contribution in [2.45, 2.75) is 65.3 Å². The molecule has 1 saturated carbocycles. The number of rotatable bonds is 8. The Morgan fingerprint density at radius 1 is 1.22 bits per heavy atom. The maximum atomic E-state index is 12.4. The second-order valence-electron chi connectivity index (χ2n) is 6.83. The van der Waals surface area contributed by atoms with Gasteiger partial charge in [-0.2, -0.15) is 0 Å². The van der Waals surface area contributed by atoms with Gasteiger partial charge in [-0.05, 0) is 31.1 Å². The normalized spacial score (nSPS) is 16.6. The van der Waals surface area contributed by atoms with Crippen molar-refractivity contribution in [2.24, 2.45) is 17.6 Å². The Balaban J connectivity index is 0.00000484. The fourth-order valence-electron chi connectivity index (χ4n) is 2.96. The van der Waals surface area contributed by atoms with Crippen molar-refractivity contribution in [1.29, 1.82) is 0 Å². The van der Waals surface area contributed by atoms with Crippen molar-refractivity contribution in [3.8, 4) is 0 Å². The third-order valence-corrected chi connectivity index (χ3v) is 4.48. The standard InChI is InChI=1S/C17H33N3O2.ClH/c1-4-10-20(12-14-8-6-5-7-9-14)15(21)11-19-17(22)16(18)13(2)3;/h13-14,16H,4-12,18H2,1-3H3,(H,19,22);1H/t16-;/m0./s1. The van der Waals surface area contributed by atoms with E-state index >= 15 is 0 Å². The minimum atomic E-state index is -0.550. The van der Waals surface area contributed by atoms with Gasteiger partial charge in [-0.1, -0.05) is 40.0 Å². The monoisotopic (exact) mass is 347 g/mol. The molecule has 6 heteroatoms. The summed E-state index contributed by atoms with van der Waals surface area (Å²) in [6, 6.07) is -0.550. The first kappa shape index (κ1) is 22.2. The van der Waals surface area contributed by atoms with Crippen LogP contribution in [-0.2, 0) is 9.59 Å². The van der Waals surface area contributed by atoms with Gasteiger partial charge in [0.15, 0.2) is 0 Å². The van der Waals surface area contributed by atoms with Crippen molar-refractivity contribution in [2.75, 3.05) is 19.6 Å². The van der Waals surface area contributed by atoms with E-state index in [1.54, 1.807) is 0 Å². The molecule has 0 saturated heterocycles. The van der Waals surface area contributed by atoms with E-state index in [1.807, 2.05) is 18.7 Å². The summed E-state index contributed by atoms with van der Waals surface area (Å²) >= 11 is 0. The highest BCUT2D eigenvalue weighted by Crippen LogP contribution is 2.24. The summed E-state index contributed by atoms with van der Waals surface area (Å²) in [4.78, 5) is 26.1. The Bertz CT molecular complexity index is 358. The van der Waals surface area contributed by atoms with Crippen LogP contribution in [-0.4, -0.2) is 42.4 Å². The lowest BCUT2D eigenvalue weighted by molar-refractivity contribution is -0.134. The fourth-order valence-corrected chi connectivity index (χ4v) is 2.96. The van der Waals surface area contributed by atoms with Crippen LogP contribution >= 0.6 is 12.4 Å². The smallest absolute Gasteiger partial charge is 0.241 e. The van der Waals surface area contributed by atoms with E-state index in [2.05, 4.69) is 12.2 Å². The van der Waals surface area contributed by atoms with E-state index in [1.165, 1.54) is 32.1 Å². The first-order chi connectivity index (χ1) is 10.5. The van der Waals surface area contributed by atoms with Gasteiger partial charge in [0.25, 0.3) is 0 Å². The molecular formula is C17H34ClN3O2. The zero-order valence-corrected chi connectivity index (χ0v) is 15.7. The first-order valence-corrected chi connectivity index (χ1v) is 8.76. The van der Waals surface area contributed by atoms with E-state index in [4.69, 9.17) is 5.73 Å². The number of nitrogens with two attached hydrogens (primary N) is 1. The summed E-state index contributed by atoms with van der Waals surface area (Å²) in [5, 5.41) is 2.68. The second-order valence-corrected chi connectivity index (χ2v) is 6.83. The van der Waals surface area contributed by atoms with Gasteiger partial charge in [-0.3, -0.25) is 9.59 Å². The van der Waals surface area contributed by atoms with Crippen LogP contribution in [0.25, 0.3) is 0 Å². The number of hydrogen-bond acceptors (Lipinski definition) is 3. The largest absolute Gasteiger partial charge is 0.346 e. The third kappa shape index (κ3) is 8.02. The number of nitrogens with zero attached hydrogens (tertiary/aromatic N) is 1. The summed E-state index contributed by atoms with van der Waals surface area (Å²) in [6.45, 7) is 7.54. The minimum Gasteiger partial charge on any atom is -0.346 e. The van der Waals surface area contributed by atoms with Crippen molar-refractivity contribution >= 4 is 24.2 Å². The molecule has 5 nitrogen and oxygen atoms in total. The highest BCUT2D eigenvalue weighted by molar-refractivity contribution is 5.87. The quantitative estimate of drug-likeness (QED) is 0.707. The lowest BCUT2D eigenvalue weighted by atomic mass is 9.89. The Morgan fingerprint density at radius 2 is 1.83 bits per heavy atom. The molecule has 2 amide bonds. The summed E-state index contributed by atoms with van der Waals surface area (Å²) in [6.07, 6.45) is 7.26. The van der Waals surface area contributed by atoms with E-state index in [-0.39, 0.29) is 36.7 Å². The average molecular weight is 348 g/mol. The van der Waals surface area contributed by atoms with Crippen molar-refractivity contribution < 1.29 is 9.59 Å². The molecule has 0 aromatic heterocycles. The first-order valence-electron chi connectivity index (χ1n) is 8.76. The van der Waals surface area contributed by atoms with Crippen molar-refractivity contribution in [1.82, 2.24) is 10.2 Å². The van der Waals surface area contributed by atoms with E-state index in [0.717, 1.165) is 19.5 Å². The van der Waals surface area contributed by atoms with Crippen molar-refractivity contribution in [3.63, 3.8) is 0 Å². The SMILES string of the molecule is CCCN(CC1CCCCC1)C(=O)CNC(=O)[C@@H](N)C(C)C.Cl. The summed E-state index contributed by atoms with van der Waals surface area (Å²) in [7, 11) is 0. The highest BCUT2D eigenvalue weighted by atomic mass is 35.5. The van der Waals surface area contributed by atoms with Gasteiger partial charge in [-0.25, -0.2) is 0 Å². The number of carbonyl (C=O) groups excluding carboxylic acids is 2. The van der Waals surface area contributed by atoms with Crippen LogP contribution in [0, 0.1) is 11.8 Å². The maximum Gasteiger partial charge on any atom is 0.241 e. The van der Waals surface area contributed by atoms with Gasteiger partial charge in [0.05, 0.1) is 12.6 Å². The molecular weight excluding hydrogens is 314 g/mol. The van der Waals surface area contributed by atoms with E-state index < -0.39 is 6.04 Å². The van der Waals surface area contributed by atoms with Crippen LogP contribution in [0.15, 0.2) is 0 Å². The number of hydrogen-bond donors (Lipinski definition) is 2. The molecule has 0 spiro atoms. The summed E-state index contributed by atoms with van der Waals surface area (Å²) < 4.78 is 0. The van der Waals surface area contributed by atoms with Crippen LogP contribution < -0.4 is 11.1 Å². The van der Waals surface area contributed by atoms with Crippen LogP contribution in [0.3, 0.4) is 0 Å². The predicted octanol–water partition coefficient (Wildman–Crippen LogP) is 2.33. The molecule has 0 bridgehead atoms. The Labute approximate surface area is 147 Å². The molecule has 0 aromatic rings. The maximum absolute atomic E-state index is 12.4. The molecule has 0 radical (unpaired) electrons. The molecule has 0 heterocycles. The zero-order valence-electron chi connectivity index (χ0n) is 14.8. The van der Waals surface area contributed by atoms with Gasteiger partial charge in [0.1, 0.15) is 0 Å². The second kappa shape index (κ2) is 11.7. The number of nitrogens with one attached hydrogen (secondary N) is 1. The molecule has 1 aliphatic carbocycles. The topological polar surface area (TPSA) is 75.4 Å². The van der Waals surface area contributed by atoms with E-state index in [9.17, 15) is 9.59 Å². The van der Waals surface area contributed by atoms with Gasteiger partial charge in [0.2, 0.25) is 11.8 Å². The molecule has 1 aliphatic rings. The third-order valence-electron chi connectivity index (χ3n) is 4.48. The van der Waals surface area contributed by atoms with Gasteiger partial charge in [-0.15, -0.1) is 12.4 Å². The van der Waals surface area contributed by atoms with Crippen LogP contribution in [0.2, 0.25) is 0 Å². The number of carbonyl (C=O) groups is 2. The Morgan fingerprint density at radius 3 is 2.35 bits per heavy atom. The number of halogens is 1. The molecule has 0 unspecified atom stereocenters. The van der Waals surface area contributed by atoms with Crippen LogP contribution in [0.4, 0.5) is 0 Å². The molecule has 0 aromatic carbocycles. The summed E-state index contributed by atoms with van der Waals surface area (Å²) in [5.74, 6) is 0.469. The highest BCUT2D eigenvalue weighted by Gasteiger charge is 2.22. The van der Waals surface area contributed by atoms with Gasteiger partial charge >= 0.3 is 0 Å². The molecule has 3 N–H and O–H groups in total. The molecule has 1 fully saturated rings. The molecule has 1 rings (SSSR count). The Hall–Kier alpha value is -0.810. The molecule has 1 atom stereocenters. The Kier molecular flexibility index (Phi) is 11.3. The fraction of sp³-hybridized carbons (Fsp3) is 0.882. The predicted molar refractivity (Wildman–Crippen MR) is 96.5 cm³/mol. The van der Waals surface area contributed by atoms with Gasteiger partial charge in [0, 0.05) is 13.1 Å². The van der Waals surface area contributed by atoms with Crippen LogP contribution in [0.5, 0.6) is 0 Å². The molecule has 23 heavy (non-hydrogen) atoms. The minimum absolute atomic E-state index is 0. The van der Waals surface area contributed by atoms with E-state index in [0.29, 0.717) is 5.92 Å². The van der Waals surface area contributed by atoms with Crippen LogP contribution in [0.1, 0.15) is 59.3 Å². The molecule has 0 aliphatic heterocycles. The molecule has 136 valence electrons. The average Bonchev–Trinajstić information content (AvgIpc) is 2.52. The number of amides is 2. The summed E-state index contributed by atoms with van der Waals surface area (Å²) in [5.41, 5.74) is 5.79. The lowest BCUT2D eigenvalue weighted by Crippen LogP contribution is -2.48. The van der Waals surface area contributed by atoms with Gasteiger partial charge < -0.3 is 16.0 Å². The lowest BCUT2D eigenvalue weighted by Gasteiger charge is -2.30. The zero-order chi connectivity index (χ0) is 16.5. The van der Waals surface area contributed by atoms with Crippen molar-refractivity contribution in [3.05, 3.63) is 0 Å².